The molecule has 0 saturated heterocycles. The highest BCUT2D eigenvalue weighted by atomic mass is 17.1. The van der Waals surface area contributed by atoms with E-state index in [0.717, 1.165) is 19.3 Å². The van der Waals surface area contributed by atoms with Gasteiger partial charge in [-0.25, -0.2) is 4.89 Å². The number of nitrogens with one attached hydrogen (secondary N) is 1. The molecule has 0 heterocycles. The topological polar surface area (TPSA) is 58.6 Å². The minimum absolute atomic E-state index is 0.275. The molecule has 0 aromatic rings. The first-order valence-electron chi connectivity index (χ1n) is 4.99. The highest BCUT2D eigenvalue weighted by molar-refractivity contribution is 5.76. The van der Waals surface area contributed by atoms with Crippen molar-refractivity contribution < 1.29 is 14.9 Å². The minimum atomic E-state index is -0.279. The summed E-state index contributed by atoms with van der Waals surface area (Å²) in [4.78, 5) is 14.5. The van der Waals surface area contributed by atoms with E-state index in [1.807, 2.05) is 0 Å². The summed E-state index contributed by atoms with van der Waals surface area (Å²) in [6.45, 7) is 6.97. The average Bonchev–Trinajstić information content (AvgIpc) is 2.02. The zero-order valence-corrected chi connectivity index (χ0v) is 9.30. The third kappa shape index (κ3) is 9.48. The van der Waals surface area contributed by atoms with Gasteiger partial charge >= 0.3 is 0 Å². The number of hydrogen-bond donors (Lipinski definition) is 2. The predicted octanol–water partition coefficient (Wildman–Crippen LogP) is 1.81. The van der Waals surface area contributed by atoms with Gasteiger partial charge in [-0.05, 0) is 18.3 Å². The lowest BCUT2D eigenvalue weighted by Crippen LogP contribution is -2.28. The van der Waals surface area contributed by atoms with Crippen molar-refractivity contribution in [1.29, 1.82) is 0 Å². The van der Waals surface area contributed by atoms with Gasteiger partial charge in [-0.3, -0.25) is 10.1 Å². The van der Waals surface area contributed by atoms with Crippen LogP contribution in [0.1, 0.15) is 40.0 Å². The maximum absolute atomic E-state index is 10.8. The molecule has 0 saturated carbocycles. The lowest BCUT2D eigenvalue weighted by atomic mass is 9.90. The van der Waals surface area contributed by atoms with Crippen molar-refractivity contribution in [3.8, 4) is 0 Å². The second-order valence-corrected chi connectivity index (χ2v) is 4.64. The highest BCUT2D eigenvalue weighted by Gasteiger charge is 2.08. The van der Waals surface area contributed by atoms with Crippen molar-refractivity contribution in [2.75, 3.05) is 13.2 Å². The summed E-state index contributed by atoms with van der Waals surface area (Å²) in [5.41, 5.74) is 0.359. The number of amides is 1. The van der Waals surface area contributed by atoms with Crippen LogP contribution >= 0.6 is 0 Å². The number of carbonyl (C=O) groups is 1. The van der Waals surface area contributed by atoms with Crippen LogP contribution in [0.25, 0.3) is 0 Å². The molecule has 0 aliphatic carbocycles. The Morgan fingerprint density at radius 1 is 1.36 bits per heavy atom. The van der Waals surface area contributed by atoms with Gasteiger partial charge in [0, 0.05) is 6.54 Å². The molecule has 0 fully saturated rings. The zero-order chi connectivity index (χ0) is 11.0. The first-order chi connectivity index (χ1) is 6.45. The van der Waals surface area contributed by atoms with E-state index < -0.39 is 0 Å². The van der Waals surface area contributed by atoms with Crippen LogP contribution < -0.4 is 5.32 Å². The van der Waals surface area contributed by atoms with Gasteiger partial charge in [0.05, 0.1) is 0 Å². The molecule has 0 rings (SSSR count). The minimum Gasteiger partial charge on any atom is -0.354 e. The van der Waals surface area contributed by atoms with Gasteiger partial charge in [-0.1, -0.05) is 27.2 Å². The molecule has 0 aromatic carbocycles. The molecule has 0 bridgehead atoms. The van der Waals surface area contributed by atoms with Crippen molar-refractivity contribution in [2.24, 2.45) is 5.41 Å². The first-order valence-corrected chi connectivity index (χ1v) is 4.99. The third-order valence-corrected chi connectivity index (χ3v) is 1.87. The molecular formula is C10H21NO3. The summed E-state index contributed by atoms with van der Waals surface area (Å²) in [5.74, 6) is -0.275. The van der Waals surface area contributed by atoms with E-state index in [-0.39, 0.29) is 12.5 Å². The maximum atomic E-state index is 10.8. The van der Waals surface area contributed by atoms with Crippen LogP contribution in [0.4, 0.5) is 0 Å². The molecule has 0 radical (unpaired) electrons. The zero-order valence-electron chi connectivity index (χ0n) is 9.30. The van der Waals surface area contributed by atoms with Crippen LogP contribution in [0.2, 0.25) is 0 Å². The van der Waals surface area contributed by atoms with E-state index in [1.165, 1.54) is 0 Å². The Labute approximate surface area is 85.6 Å². The van der Waals surface area contributed by atoms with Crippen LogP contribution in [0.15, 0.2) is 0 Å². The van der Waals surface area contributed by atoms with Gasteiger partial charge < -0.3 is 5.32 Å². The summed E-state index contributed by atoms with van der Waals surface area (Å²) in [7, 11) is 0. The van der Waals surface area contributed by atoms with Crippen molar-refractivity contribution in [1.82, 2.24) is 5.32 Å². The third-order valence-electron chi connectivity index (χ3n) is 1.87. The molecule has 1 amide bonds. The fourth-order valence-corrected chi connectivity index (χ4v) is 1.12. The molecule has 4 heteroatoms. The molecule has 84 valence electrons. The van der Waals surface area contributed by atoms with Crippen LogP contribution in [0.5, 0.6) is 0 Å². The molecule has 0 aliphatic rings. The number of carbonyl (C=O) groups excluding carboxylic acids is 1. The number of unbranched alkanes of at least 4 members (excludes halogenated alkanes) is 1. The van der Waals surface area contributed by atoms with E-state index in [1.54, 1.807) is 0 Å². The fraction of sp³-hybridized carbons (Fsp3) is 0.900. The Hall–Kier alpha value is -0.610. The predicted molar refractivity (Wildman–Crippen MR) is 54.9 cm³/mol. The van der Waals surface area contributed by atoms with Gasteiger partial charge in [0.25, 0.3) is 0 Å². The second-order valence-electron chi connectivity index (χ2n) is 4.64. The average molecular weight is 203 g/mol. The Bertz CT molecular complexity index is 163. The Morgan fingerprint density at radius 2 is 2.00 bits per heavy atom. The largest absolute Gasteiger partial charge is 0.354 e. The molecular weight excluding hydrogens is 182 g/mol. The Balaban J connectivity index is 3.26. The highest BCUT2D eigenvalue weighted by Crippen LogP contribution is 2.20. The van der Waals surface area contributed by atoms with Gasteiger partial charge in [-0.2, -0.15) is 0 Å². The smallest absolute Gasteiger partial charge is 0.249 e. The van der Waals surface area contributed by atoms with Crippen molar-refractivity contribution >= 4 is 5.91 Å². The lowest BCUT2D eigenvalue weighted by Gasteiger charge is -2.17. The molecule has 2 N–H and O–H groups in total. The molecule has 0 atom stereocenters. The maximum Gasteiger partial charge on any atom is 0.249 e. The van der Waals surface area contributed by atoms with Gasteiger partial charge in [0.1, 0.15) is 0 Å². The van der Waals surface area contributed by atoms with Crippen molar-refractivity contribution in [3.05, 3.63) is 0 Å². The Morgan fingerprint density at radius 3 is 2.50 bits per heavy atom. The summed E-state index contributed by atoms with van der Waals surface area (Å²) >= 11 is 0. The van der Waals surface area contributed by atoms with Crippen molar-refractivity contribution in [3.63, 3.8) is 0 Å². The molecule has 0 aliphatic heterocycles. The summed E-state index contributed by atoms with van der Waals surface area (Å²) in [6, 6.07) is 0. The van der Waals surface area contributed by atoms with E-state index in [4.69, 9.17) is 5.26 Å². The molecule has 4 nitrogen and oxygen atoms in total. The summed E-state index contributed by atoms with van der Waals surface area (Å²) < 4.78 is 0. The van der Waals surface area contributed by atoms with Crippen LogP contribution in [-0.2, 0) is 9.68 Å². The fourth-order valence-electron chi connectivity index (χ4n) is 1.12. The molecule has 0 unspecified atom stereocenters. The standard InChI is InChI=1S/C10H21NO3/c1-10(2,3)6-4-5-7-11-9(12)8-14-13/h13H,4-8H2,1-3H3,(H,11,12). The molecule has 14 heavy (non-hydrogen) atoms. The van der Waals surface area contributed by atoms with E-state index in [0.29, 0.717) is 12.0 Å². The van der Waals surface area contributed by atoms with E-state index in [2.05, 4.69) is 31.0 Å². The van der Waals surface area contributed by atoms with E-state index in [9.17, 15) is 4.79 Å². The van der Waals surface area contributed by atoms with Crippen LogP contribution in [0.3, 0.4) is 0 Å². The van der Waals surface area contributed by atoms with Gasteiger partial charge in [-0.15, -0.1) is 0 Å². The normalized spacial score (nSPS) is 11.4. The van der Waals surface area contributed by atoms with Crippen LogP contribution in [0, 0.1) is 5.41 Å². The Kier molecular flexibility index (Phi) is 6.49. The number of hydrogen-bond acceptors (Lipinski definition) is 3. The SMILES string of the molecule is CC(C)(C)CCCCNC(=O)COO. The van der Waals surface area contributed by atoms with Crippen LogP contribution in [-0.4, -0.2) is 24.3 Å². The molecule has 0 spiro atoms. The summed E-state index contributed by atoms with van der Waals surface area (Å²) in [6.07, 6.45) is 3.22. The van der Waals surface area contributed by atoms with Crippen molar-refractivity contribution in [2.45, 2.75) is 40.0 Å². The lowest BCUT2D eigenvalue weighted by molar-refractivity contribution is -0.238. The number of rotatable bonds is 6. The first kappa shape index (κ1) is 13.4. The van der Waals surface area contributed by atoms with Gasteiger partial charge in [0.15, 0.2) is 6.61 Å². The van der Waals surface area contributed by atoms with E-state index >= 15 is 0 Å². The molecule has 0 aromatic heterocycles. The monoisotopic (exact) mass is 203 g/mol. The van der Waals surface area contributed by atoms with Gasteiger partial charge in [0.2, 0.25) is 5.91 Å². The summed E-state index contributed by atoms with van der Waals surface area (Å²) in [5, 5.41) is 10.6. The quantitative estimate of drug-likeness (QED) is 0.393. The second kappa shape index (κ2) is 6.79.